The maximum absolute atomic E-state index is 12.4. The number of carbonyl (C=O) groups excluding carboxylic acids is 1. The van der Waals surface area contributed by atoms with Crippen molar-refractivity contribution >= 4 is 5.97 Å². The largest absolute Gasteiger partial charge is 0.460 e. The summed E-state index contributed by atoms with van der Waals surface area (Å²) in [5.41, 5.74) is 3.06. The molecule has 0 amide bonds. The van der Waals surface area contributed by atoms with E-state index in [4.69, 9.17) is 9.47 Å². The van der Waals surface area contributed by atoms with E-state index in [1.807, 2.05) is 39.0 Å². The van der Waals surface area contributed by atoms with E-state index in [1.54, 1.807) is 0 Å². The Hall–Kier alpha value is -2.13. The van der Waals surface area contributed by atoms with Gasteiger partial charge in [-0.05, 0) is 42.9 Å². The van der Waals surface area contributed by atoms with Crippen LogP contribution in [0.3, 0.4) is 0 Å². The summed E-state index contributed by atoms with van der Waals surface area (Å²) in [5.74, 6) is 0.0430. The van der Waals surface area contributed by atoms with Crippen molar-refractivity contribution in [2.24, 2.45) is 17.3 Å². The van der Waals surface area contributed by atoms with Crippen molar-refractivity contribution < 1.29 is 14.3 Å². The third kappa shape index (κ3) is 4.78. The molecule has 2 aromatic carbocycles. The second kappa shape index (κ2) is 7.47. The van der Waals surface area contributed by atoms with Crippen LogP contribution in [0, 0.1) is 17.3 Å². The molecule has 2 aromatic rings. The zero-order valence-corrected chi connectivity index (χ0v) is 17.0. The topological polar surface area (TPSA) is 35.5 Å². The van der Waals surface area contributed by atoms with E-state index in [2.05, 4.69) is 50.2 Å². The Labute approximate surface area is 162 Å². The van der Waals surface area contributed by atoms with E-state index < -0.39 is 5.60 Å². The Morgan fingerprint density at radius 3 is 2.15 bits per heavy atom. The Morgan fingerprint density at radius 1 is 0.963 bits per heavy atom. The third-order valence-corrected chi connectivity index (χ3v) is 5.34. The van der Waals surface area contributed by atoms with Crippen molar-refractivity contribution in [3.63, 3.8) is 0 Å². The van der Waals surface area contributed by atoms with Gasteiger partial charge in [-0.2, -0.15) is 0 Å². The minimum absolute atomic E-state index is 0.0561. The van der Waals surface area contributed by atoms with Crippen LogP contribution in [0.4, 0.5) is 0 Å². The zero-order valence-electron chi connectivity index (χ0n) is 17.0. The average molecular weight is 367 g/mol. The normalized spacial score (nSPS) is 20.9. The fraction of sp³-hybridized carbons (Fsp3) is 0.458. The highest BCUT2D eigenvalue weighted by Crippen LogP contribution is 2.59. The molecule has 0 bridgehead atoms. The molecule has 144 valence electrons. The lowest BCUT2D eigenvalue weighted by Gasteiger charge is -2.20. The summed E-state index contributed by atoms with van der Waals surface area (Å²) in [7, 11) is 0. The molecule has 2 unspecified atom stereocenters. The van der Waals surface area contributed by atoms with Gasteiger partial charge < -0.3 is 9.47 Å². The highest BCUT2D eigenvalue weighted by molar-refractivity contribution is 5.78. The summed E-state index contributed by atoms with van der Waals surface area (Å²) in [5, 5.41) is 0. The van der Waals surface area contributed by atoms with E-state index >= 15 is 0 Å². The molecular weight excluding hydrogens is 336 g/mol. The first-order valence-corrected chi connectivity index (χ1v) is 9.63. The summed E-state index contributed by atoms with van der Waals surface area (Å²) < 4.78 is 11.5. The van der Waals surface area contributed by atoms with Gasteiger partial charge in [0.25, 0.3) is 0 Å². The molecule has 3 heteroatoms. The predicted octanol–water partition coefficient (Wildman–Crippen LogP) is 5.48. The number of hydrogen-bond acceptors (Lipinski definition) is 3. The first-order chi connectivity index (χ1) is 12.7. The van der Waals surface area contributed by atoms with Crippen LogP contribution < -0.4 is 0 Å². The average Bonchev–Trinajstić information content (AvgIpc) is 3.16. The number of esters is 1. The maximum Gasteiger partial charge on any atom is 0.310 e. The van der Waals surface area contributed by atoms with Crippen LogP contribution in [0.15, 0.2) is 54.6 Å². The first-order valence-electron chi connectivity index (χ1n) is 9.63. The predicted molar refractivity (Wildman–Crippen MR) is 108 cm³/mol. The second-order valence-electron chi connectivity index (χ2n) is 9.02. The number of carbonyl (C=O) groups is 1. The molecule has 1 aliphatic carbocycles. The van der Waals surface area contributed by atoms with Gasteiger partial charge >= 0.3 is 5.97 Å². The van der Waals surface area contributed by atoms with Crippen LogP contribution in [0.5, 0.6) is 0 Å². The molecule has 27 heavy (non-hydrogen) atoms. The molecule has 0 heterocycles. The van der Waals surface area contributed by atoms with Gasteiger partial charge in [-0.25, -0.2) is 0 Å². The van der Waals surface area contributed by atoms with Gasteiger partial charge in [-0.1, -0.05) is 68.4 Å². The molecule has 1 fully saturated rings. The zero-order chi connectivity index (χ0) is 19.7. The van der Waals surface area contributed by atoms with Crippen molar-refractivity contribution in [1.82, 2.24) is 0 Å². The highest BCUT2D eigenvalue weighted by atomic mass is 16.6. The maximum atomic E-state index is 12.4. The van der Waals surface area contributed by atoms with Crippen LogP contribution in [-0.4, -0.2) is 18.2 Å². The van der Waals surface area contributed by atoms with Crippen molar-refractivity contribution in [2.45, 2.75) is 46.8 Å². The molecule has 1 saturated carbocycles. The standard InChI is InChI=1S/C24H30O3/c1-23(2,3)27-22(25)21-20(24(21,4)5)16-26-15-17-11-13-19(14-12-17)18-9-7-6-8-10-18/h6-14,20-21H,15-16H2,1-5H3. The molecule has 0 saturated heterocycles. The minimum atomic E-state index is -0.443. The van der Waals surface area contributed by atoms with Crippen LogP contribution >= 0.6 is 0 Å². The number of benzene rings is 2. The number of hydrogen-bond donors (Lipinski definition) is 0. The van der Waals surface area contributed by atoms with E-state index in [1.165, 1.54) is 11.1 Å². The highest BCUT2D eigenvalue weighted by Gasteiger charge is 2.62. The van der Waals surface area contributed by atoms with Crippen LogP contribution in [0.2, 0.25) is 0 Å². The quantitative estimate of drug-likeness (QED) is 0.635. The minimum Gasteiger partial charge on any atom is -0.460 e. The summed E-state index contributed by atoms with van der Waals surface area (Å²) in [4.78, 5) is 12.4. The van der Waals surface area contributed by atoms with Gasteiger partial charge in [-0.3, -0.25) is 4.79 Å². The lowest BCUT2D eigenvalue weighted by molar-refractivity contribution is -0.157. The monoisotopic (exact) mass is 366 g/mol. The molecule has 0 N–H and O–H groups in total. The molecule has 0 aromatic heterocycles. The van der Waals surface area contributed by atoms with Crippen molar-refractivity contribution in [3.8, 4) is 11.1 Å². The summed E-state index contributed by atoms with van der Waals surface area (Å²) in [6.45, 7) is 11.1. The molecule has 0 aliphatic heterocycles. The molecular formula is C24H30O3. The smallest absolute Gasteiger partial charge is 0.310 e. The lowest BCUT2D eigenvalue weighted by Crippen LogP contribution is -2.26. The van der Waals surface area contributed by atoms with Gasteiger partial charge in [0.1, 0.15) is 5.60 Å². The fourth-order valence-corrected chi connectivity index (χ4v) is 3.62. The van der Waals surface area contributed by atoms with Crippen molar-refractivity contribution in [3.05, 3.63) is 60.2 Å². The molecule has 2 atom stereocenters. The third-order valence-electron chi connectivity index (χ3n) is 5.34. The Bertz CT molecular complexity index is 770. The van der Waals surface area contributed by atoms with Gasteiger partial charge in [-0.15, -0.1) is 0 Å². The van der Waals surface area contributed by atoms with Crippen LogP contribution in [0.1, 0.15) is 40.2 Å². The van der Waals surface area contributed by atoms with E-state index in [-0.39, 0.29) is 23.2 Å². The SMILES string of the molecule is CC(C)(C)OC(=O)C1C(COCc2ccc(-c3ccccc3)cc2)C1(C)C. The Balaban J connectivity index is 1.51. The Kier molecular flexibility index (Phi) is 5.43. The van der Waals surface area contributed by atoms with Crippen LogP contribution in [-0.2, 0) is 20.9 Å². The van der Waals surface area contributed by atoms with Gasteiger partial charge in [0, 0.05) is 5.92 Å². The van der Waals surface area contributed by atoms with Gasteiger partial charge in [0.05, 0.1) is 19.1 Å². The molecule has 1 aliphatic rings. The lowest BCUT2D eigenvalue weighted by atomic mass is 10.0. The van der Waals surface area contributed by atoms with Crippen LogP contribution in [0.25, 0.3) is 11.1 Å². The van der Waals surface area contributed by atoms with Crippen molar-refractivity contribution in [2.75, 3.05) is 6.61 Å². The van der Waals surface area contributed by atoms with Gasteiger partial charge in [0.2, 0.25) is 0 Å². The fourth-order valence-electron chi connectivity index (χ4n) is 3.62. The summed E-state index contributed by atoms with van der Waals surface area (Å²) >= 11 is 0. The number of ether oxygens (including phenoxy) is 2. The van der Waals surface area contributed by atoms with Gasteiger partial charge in [0.15, 0.2) is 0 Å². The first kappa shape index (κ1) is 19.6. The van der Waals surface area contributed by atoms with E-state index in [0.29, 0.717) is 13.2 Å². The Morgan fingerprint density at radius 2 is 1.56 bits per heavy atom. The molecule has 3 nitrogen and oxygen atoms in total. The van der Waals surface area contributed by atoms with Crippen molar-refractivity contribution in [1.29, 1.82) is 0 Å². The molecule has 0 radical (unpaired) electrons. The molecule has 3 rings (SSSR count). The summed E-state index contributed by atoms with van der Waals surface area (Å²) in [6.07, 6.45) is 0. The van der Waals surface area contributed by atoms with E-state index in [9.17, 15) is 4.79 Å². The second-order valence-corrected chi connectivity index (χ2v) is 9.02. The summed E-state index contributed by atoms with van der Waals surface area (Å²) in [6, 6.07) is 18.8. The van der Waals surface area contributed by atoms with E-state index in [0.717, 1.165) is 5.56 Å². The molecule has 0 spiro atoms. The number of rotatable bonds is 6.